The minimum atomic E-state index is -5.49. The molecule has 2 unspecified atom stereocenters. The number of ether oxygens (including phenoxy) is 2. The molecule has 1 aliphatic heterocycles. The molecule has 43 heavy (non-hydrogen) atoms. The number of aromatic hydroxyl groups is 2. The van der Waals surface area contributed by atoms with Gasteiger partial charge in [0.05, 0.1) is 13.2 Å². The summed E-state index contributed by atoms with van der Waals surface area (Å²) in [6.07, 6.45) is -3.15. The summed E-state index contributed by atoms with van der Waals surface area (Å²) in [5.74, 6) is -1.99. The Hall–Kier alpha value is -3.14. The highest BCUT2D eigenvalue weighted by Crippen LogP contribution is 2.49. The predicted molar refractivity (Wildman–Crippen MR) is 159 cm³/mol. The second-order valence-electron chi connectivity index (χ2n) is 11.2. The first-order chi connectivity index (χ1) is 20.4. The zero-order valence-corrected chi connectivity index (χ0v) is 24.8. The second-order valence-corrected chi connectivity index (χ2v) is 12.4. The number of phenolic OH excluding ortho intramolecular Hbond substituents is 2. The summed E-state index contributed by atoms with van der Waals surface area (Å²) in [5, 5.41) is 19.8. The number of rotatable bonds is 14. The van der Waals surface area contributed by atoms with Crippen molar-refractivity contribution in [3.63, 3.8) is 0 Å². The van der Waals surface area contributed by atoms with Crippen LogP contribution in [0.1, 0.15) is 61.6 Å². The number of thioether (sulfide) groups is 1. The van der Waals surface area contributed by atoms with E-state index in [1.807, 2.05) is 42.5 Å². The van der Waals surface area contributed by atoms with Crippen LogP contribution in [0.4, 0.5) is 22.0 Å². The lowest BCUT2D eigenvalue weighted by atomic mass is 9.66. The molecule has 4 rings (SSSR count). The highest BCUT2D eigenvalue weighted by molar-refractivity contribution is 7.99. The van der Waals surface area contributed by atoms with Crippen molar-refractivity contribution in [2.24, 2.45) is 0 Å². The SMILES string of the molecule is CC1(c2ccc(O)cc2)COc2cc(O)ccc2C1CCCCc1ccc(OCCSCCCC(F)(F)C(F)(F)F)cc1. The third-order valence-electron chi connectivity index (χ3n) is 8.02. The zero-order chi connectivity index (χ0) is 31.1. The summed E-state index contributed by atoms with van der Waals surface area (Å²) in [6.45, 7) is 2.99. The summed E-state index contributed by atoms with van der Waals surface area (Å²) < 4.78 is 74.3. The fourth-order valence-corrected chi connectivity index (χ4v) is 6.25. The minimum Gasteiger partial charge on any atom is -0.508 e. The van der Waals surface area contributed by atoms with Gasteiger partial charge >= 0.3 is 12.1 Å². The van der Waals surface area contributed by atoms with E-state index in [1.54, 1.807) is 24.3 Å². The highest BCUT2D eigenvalue weighted by atomic mass is 32.2. The van der Waals surface area contributed by atoms with Gasteiger partial charge in [0.1, 0.15) is 23.0 Å². The van der Waals surface area contributed by atoms with Crippen LogP contribution in [0.15, 0.2) is 66.7 Å². The van der Waals surface area contributed by atoms with Gasteiger partial charge in [-0.15, -0.1) is 0 Å². The molecule has 10 heteroatoms. The van der Waals surface area contributed by atoms with Crippen molar-refractivity contribution < 1.29 is 41.6 Å². The molecule has 0 bridgehead atoms. The number of alkyl halides is 5. The van der Waals surface area contributed by atoms with Crippen molar-refractivity contribution in [1.82, 2.24) is 0 Å². The Labute approximate surface area is 253 Å². The average Bonchev–Trinajstić information content (AvgIpc) is 2.96. The molecular formula is C33H37F5O4S. The number of benzene rings is 3. The van der Waals surface area contributed by atoms with Gasteiger partial charge in [-0.3, -0.25) is 0 Å². The van der Waals surface area contributed by atoms with E-state index in [0.29, 0.717) is 30.5 Å². The summed E-state index contributed by atoms with van der Waals surface area (Å²) in [7, 11) is 0. The molecule has 0 aliphatic carbocycles. The summed E-state index contributed by atoms with van der Waals surface area (Å²) in [5.41, 5.74) is 3.03. The molecule has 0 fully saturated rings. The van der Waals surface area contributed by atoms with Crippen LogP contribution >= 0.6 is 11.8 Å². The third kappa shape index (κ3) is 8.49. The molecule has 2 N–H and O–H groups in total. The second kappa shape index (κ2) is 14.1. The predicted octanol–water partition coefficient (Wildman–Crippen LogP) is 9.03. The normalized spacial score (nSPS) is 18.6. The Morgan fingerprint density at radius 2 is 1.58 bits per heavy atom. The maximum Gasteiger partial charge on any atom is 0.453 e. The topological polar surface area (TPSA) is 58.9 Å². The summed E-state index contributed by atoms with van der Waals surface area (Å²) in [6, 6.07) is 20.4. The number of hydrogen-bond acceptors (Lipinski definition) is 5. The summed E-state index contributed by atoms with van der Waals surface area (Å²) >= 11 is 1.29. The lowest BCUT2D eigenvalue weighted by molar-refractivity contribution is -0.284. The molecule has 0 saturated heterocycles. The number of phenols is 2. The lowest BCUT2D eigenvalue weighted by Crippen LogP contribution is -2.40. The van der Waals surface area contributed by atoms with E-state index in [4.69, 9.17) is 9.47 Å². The number of aryl methyl sites for hydroxylation is 1. The third-order valence-corrected chi connectivity index (χ3v) is 9.05. The molecule has 0 aromatic heterocycles. The van der Waals surface area contributed by atoms with Crippen LogP contribution in [0, 0.1) is 0 Å². The van der Waals surface area contributed by atoms with E-state index in [-0.39, 0.29) is 35.0 Å². The molecule has 0 radical (unpaired) electrons. The molecule has 2 atom stereocenters. The van der Waals surface area contributed by atoms with Crippen LogP contribution in [-0.2, 0) is 11.8 Å². The van der Waals surface area contributed by atoms with E-state index in [2.05, 4.69) is 6.92 Å². The van der Waals surface area contributed by atoms with Crippen molar-refractivity contribution in [2.75, 3.05) is 24.7 Å². The minimum absolute atomic E-state index is 0.163. The van der Waals surface area contributed by atoms with Crippen molar-refractivity contribution in [2.45, 2.75) is 68.9 Å². The number of halogens is 5. The van der Waals surface area contributed by atoms with Crippen LogP contribution in [0.3, 0.4) is 0 Å². The van der Waals surface area contributed by atoms with Crippen molar-refractivity contribution in [3.05, 3.63) is 83.4 Å². The van der Waals surface area contributed by atoms with Crippen LogP contribution in [0.25, 0.3) is 0 Å². The van der Waals surface area contributed by atoms with Gasteiger partial charge in [-0.2, -0.15) is 33.7 Å². The Morgan fingerprint density at radius 3 is 2.28 bits per heavy atom. The number of unbranched alkanes of at least 4 members (excludes halogenated alkanes) is 1. The standard InChI is InChI=1S/C33H37F5O4S/c1-31(24-9-11-25(39)12-10-24)22-42-30-21-26(40)13-16-28(30)29(31)6-3-2-5-23-7-14-27(15-8-23)41-18-20-43-19-4-17-32(34,35)33(36,37)38/h7-16,21,29,39-40H,2-6,17-20,22H2,1H3. The molecular weight excluding hydrogens is 587 g/mol. The van der Waals surface area contributed by atoms with Gasteiger partial charge in [0.2, 0.25) is 0 Å². The number of fused-ring (bicyclic) bond motifs is 1. The van der Waals surface area contributed by atoms with Crippen LogP contribution in [0.5, 0.6) is 23.0 Å². The maximum absolute atomic E-state index is 12.9. The monoisotopic (exact) mass is 624 g/mol. The molecule has 1 aliphatic rings. The largest absolute Gasteiger partial charge is 0.508 e. The molecule has 1 heterocycles. The Bertz CT molecular complexity index is 1310. The molecule has 3 aromatic carbocycles. The van der Waals surface area contributed by atoms with Crippen LogP contribution < -0.4 is 9.47 Å². The van der Waals surface area contributed by atoms with Crippen molar-refractivity contribution >= 4 is 11.8 Å². The zero-order valence-electron chi connectivity index (χ0n) is 24.0. The summed E-state index contributed by atoms with van der Waals surface area (Å²) in [4.78, 5) is 0. The Morgan fingerprint density at radius 1 is 0.884 bits per heavy atom. The maximum atomic E-state index is 12.9. The van der Waals surface area contributed by atoms with E-state index >= 15 is 0 Å². The van der Waals surface area contributed by atoms with Gasteiger partial charge in [0.25, 0.3) is 0 Å². The molecule has 0 saturated carbocycles. The smallest absolute Gasteiger partial charge is 0.453 e. The van der Waals surface area contributed by atoms with Crippen molar-refractivity contribution in [3.8, 4) is 23.0 Å². The van der Waals surface area contributed by atoms with Gasteiger partial charge in [-0.1, -0.05) is 43.7 Å². The Balaban J connectivity index is 1.22. The first kappa shape index (κ1) is 32.8. The van der Waals surface area contributed by atoms with Gasteiger partial charge in [-0.05, 0) is 78.5 Å². The molecule has 3 aromatic rings. The number of hydrogen-bond donors (Lipinski definition) is 2. The fourth-order valence-electron chi connectivity index (χ4n) is 5.50. The quantitative estimate of drug-likeness (QED) is 0.138. The van der Waals surface area contributed by atoms with E-state index in [1.165, 1.54) is 17.3 Å². The fraction of sp³-hybridized carbons (Fsp3) is 0.455. The van der Waals surface area contributed by atoms with E-state index < -0.39 is 18.5 Å². The Kier molecular flexibility index (Phi) is 10.7. The van der Waals surface area contributed by atoms with Gasteiger partial charge < -0.3 is 19.7 Å². The van der Waals surface area contributed by atoms with Gasteiger partial charge in [0, 0.05) is 29.6 Å². The molecule has 0 amide bonds. The van der Waals surface area contributed by atoms with E-state index in [9.17, 15) is 32.2 Å². The van der Waals surface area contributed by atoms with Crippen LogP contribution in [0.2, 0.25) is 0 Å². The van der Waals surface area contributed by atoms with Gasteiger partial charge in [-0.25, -0.2) is 0 Å². The first-order valence-corrected chi connectivity index (χ1v) is 15.5. The van der Waals surface area contributed by atoms with Gasteiger partial charge in [0.15, 0.2) is 0 Å². The first-order valence-electron chi connectivity index (χ1n) is 14.4. The van der Waals surface area contributed by atoms with E-state index in [0.717, 1.165) is 36.8 Å². The lowest BCUT2D eigenvalue weighted by Gasteiger charge is -2.43. The average molecular weight is 625 g/mol. The molecule has 234 valence electrons. The van der Waals surface area contributed by atoms with Crippen LogP contribution in [-0.4, -0.2) is 47.0 Å². The molecule has 4 nitrogen and oxygen atoms in total. The highest BCUT2D eigenvalue weighted by Gasteiger charge is 2.56. The molecule has 0 spiro atoms. The van der Waals surface area contributed by atoms with Crippen molar-refractivity contribution in [1.29, 1.82) is 0 Å².